The SMILES string of the molecule is CC1CC(O)(Cc2cc(F)ccc2F)CC(C)O1. The van der Waals surface area contributed by atoms with Gasteiger partial charge in [-0.05, 0) is 37.6 Å². The van der Waals surface area contributed by atoms with Crippen molar-refractivity contribution in [2.45, 2.75) is 50.9 Å². The van der Waals surface area contributed by atoms with Crippen LogP contribution in [-0.2, 0) is 11.2 Å². The zero-order valence-electron chi connectivity index (χ0n) is 10.6. The fourth-order valence-corrected chi connectivity index (χ4v) is 2.82. The van der Waals surface area contributed by atoms with Crippen molar-refractivity contribution < 1.29 is 18.6 Å². The molecule has 1 N–H and O–H groups in total. The summed E-state index contributed by atoms with van der Waals surface area (Å²) in [6, 6.07) is 3.33. The number of ether oxygens (including phenoxy) is 1. The summed E-state index contributed by atoms with van der Waals surface area (Å²) in [4.78, 5) is 0. The van der Waals surface area contributed by atoms with Crippen LogP contribution >= 0.6 is 0 Å². The van der Waals surface area contributed by atoms with Gasteiger partial charge in [-0.2, -0.15) is 0 Å². The quantitative estimate of drug-likeness (QED) is 0.881. The number of aliphatic hydroxyl groups is 1. The van der Waals surface area contributed by atoms with E-state index in [9.17, 15) is 13.9 Å². The molecule has 2 rings (SSSR count). The van der Waals surface area contributed by atoms with Gasteiger partial charge in [-0.15, -0.1) is 0 Å². The van der Waals surface area contributed by atoms with E-state index < -0.39 is 17.2 Å². The van der Waals surface area contributed by atoms with Crippen LogP contribution in [0.5, 0.6) is 0 Å². The van der Waals surface area contributed by atoms with Crippen LogP contribution in [0.1, 0.15) is 32.3 Å². The van der Waals surface area contributed by atoms with Gasteiger partial charge < -0.3 is 9.84 Å². The molecular formula is C14H18F2O2. The maximum atomic E-state index is 13.6. The minimum absolute atomic E-state index is 0.0737. The molecule has 0 aliphatic carbocycles. The Morgan fingerprint density at radius 1 is 1.28 bits per heavy atom. The fraction of sp³-hybridized carbons (Fsp3) is 0.571. The second kappa shape index (κ2) is 4.94. The Kier molecular flexibility index (Phi) is 3.69. The van der Waals surface area contributed by atoms with Crippen molar-refractivity contribution in [2.75, 3.05) is 0 Å². The van der Waals surface area contributed by atoms with E-state index in [0.29, 0.717) is 12.8 Å². The monoisotopic (exact) mass is 256 g/mol. The minimum Gasteiger partial charge on any atom is -0.389 e. The Bertz CT molecular complexity index is 424. The van der Waals surface area contributed by atoms with Gasteiger partial charge in [0.1, 0.15) is 11.6 Å². The minimum atomic E-state index is -1.02. The highest BCUT2D eigenvalue weighted by atomic mass is 19.1. The van der Waals surface area contributed by atoms with Gasteiger partial charge in [-0.1, -0.05) is 0 Å². The molecule has 0 spiro atoms. The molecule has 1 aromatic rings. The standard InChI is InChI=1S/C14H18F2O2/c1-9-6-14(17,7-10(2)18-9)8-11-5-12(15)3-4-13(11)16/h3-5,9-10,17H,6-8H2,1-2H3. The van der Waals surface area contributed by atoms with Crippen molar-refractivity contribution in [3.63, 3.8) is 0 Å². The van der Waals surface area contributed by atoms with E-state index >= 15 is 0 Å². The lowest BCUT2D eigenvalue weighted by Gasteiger charge is -2.39. The first-order valence-corrected chi connectivity index (χ1v) is 6.20. The molecule has 1 fully saturated rings. The van der Waals surface area contributed by atoms with Gasteiger partial charge in [0.05, 0.1) is 17.8 Å². The molecule has 0 amide bonds. The van der Waals surface area contributed by atoms with Gasteiger partial charge in [0.25, 0.3) is 0 Å². The fourth-order valence-electron chi connectivity index (χ4n) is 2.82. The molecule has 0 saturated carbocycles. The number of hydrogen-bond acceptors (Lipinski definition) is 2. The smallest absolute Gasteiger partial charge is 0.126 e. The molecule has 0 aromatic heterocycles. The van der Waals surface area contributed by atoms with E-state index in [2.05, 4.69) is 0 Å². The Morgan fingerprint density at radius 2 is 1.89 bits per heavy atom. The lowest BCUT2D eigenvalue weighted by Crippen LogP contribution is -2.45. The molecule has 1 aliphatic rings. The number of rotatable bonds is 2. The van der Waals surface area contributed by atoms with Gasteiger partial charge in [-0.3, -0.25) is 0 Å². The third-order valence-corrected chi connectivity index (χ3v) is 3.33. The van der Waals surface area contributed by atoms with Crippen LogP contribution in [0.3, 0.4) is 0 Å². The van der Waals surface area contributed by atoms with Crippen LogP contribution in [0, 0.1) is 11.6 Å². The predicted molar refractivity (Wildman–Crippen MR) is 64.3 cm³/mol. The molecular weight excluding hydrogens is 238 g/mol. The van der Waals surface area contributed by atoms with E-state index in [1.807, 2.05) is 13.8 Å². The lowest BCUT2D eigenvalue weighted by atomic mass is 9.82. The van der Waals surface area contributed by atoms with Crippen molar-refractivity contribution in [1.82, 2.24) is 0 Å². The molecule has 1 heterocycles. The molecule has 0 bridgehead atoms. The summed E-state index contributed by atoms with van der Waals surface area (Å²) in [6.07, 6.45) is 0.848. The van der Waals surface area contributed by atoms with Gasteiger partial charge in [0, 0.05) is 19.3 Å². The van der Waals surface area contributed by atoms with E-state index in [4.69, 9.17) is 4.74 Å². The first-order chi connectivity index (χ1) is 8.38. The highest BCUT2D eigenvalue weighted by Gasteiger charge is 2.37. The summed E-state index contributed by atoms with van der Waals surface area (Å²) in [7, 11) is 0. The molecule has 18 heavy (non-hydrogen) atoms. The summed E-state index contributed by atoms with van der Waals surface area (Å²) in [5.74, 6) is -0.959. The molecule has 2 atom stereocenters. The second-order valence-electron chi connectivity index (χ2n) is 5.30. The summed E-state index contributed by atoms with van der Waals surface area (Å²) < 4.78 is 32.2. The average molecular weight is 256 g/mol. The molecule has 100 valence electrons. The van der Waals surface area contributed by atoms with Crippen molar-refractivity contribution in [3.05, 3.63) is 35.4 Å². The Morgan fingerprint density at radius 3 is 2.50 bits per heavy atom. The van der Waals surface area contributed by atoms with Crippen LogP contribution in [0.15, 0.2) is 18.2 Å². The third-order valence-electron chi connectivity index (χ3n) is 3.33. The van der Waals surface area contributed by atoms with Crippen molar-refractivity contribution >= 4 is 0 Å². The summed E-state index contributed by atoms with van der Waals surface area (Å²) >= 11 is 0. The van der Waals surface area contributed by atoms with Crippen molar-refractivity contribution in [3.8, 4) is 0 Å². The summed E-state index contributed by atoms with van der Waals surface area (Å²) in [5.41, 5.74) is -0.801. The van der Waals surface area contributed by atoms with Crippen molar-refractivity contribution in [1.29, 1.82) is 0 Å². The zero-order valence-corrected chi connectivity index (χ0v) is 10.6. The van der Waals surface area contributed by atoms with Crippen LogP contribution in [0.4, 0.5) is 8.78 Å². The molecule has 2 nitrogen and oxygen atoms in total. The first-order valence-electron chi connectivity index (χ1n) is 6.20. The molecule has 1 aromatic carbocycles. The zero-order chi connectivity index (χ0) is 13.3. The normalized spacial score (nSPS) is 32.5. The van der Waals surface area contributed by atoms with E-state index in [0.717, 1.165) is 18.2 Å². The average Bonchev–Trinajstić information content (AvgIpc) is 2.21. The first kappa shape index (κ1) is 13.4. The van der Waals surface area contributed by atoms with E-state index in [1.165, 1.54) is 0 Å². The Balaban J connectivity index is 2.18. The van der Waals surface area contributed by atoms with Crippen LogP contribution in [0.25, 0.3) is 0 Å². The van der Waals surface area contributed by atoms with Gasteiger partial charge >= 0.3 is 0 Å². The van der Waals surface area contributed by atoms with E-state index in [-0.39, 0.29) is 24.2 Å². The topological polar surface area (TPSA) is 29.5 Å². The highest BCUT2D eigenvalue weighted by molar-refractivity contribution is 5.21. The molecule has 2 unspecified atom stereocenters. The molecule has 1 saturated heterocycles. The lowest BCUT2D eigenvalue weighted by molar-refractivity contribution is -0.131. The molecule has 0 radical (unpaired) electrons. The van der Waals surface area contributed by atoms with Gasteiger partial charge in [-0.25, -0.2) is 8.78 Å². The summed E-state index contributed by atoms with van der Waals surface area (Å²) in [6.45, 7) is 3.76. The molecule has 4 heteroatoms. The number of hydrogen-bond donors (Lipinski definition) is 1. The Labute approximate surface area is 106 Å². The Hall–Kier alpha value is -1.00. The van der Waals surface area contributed by atoms with Crippen LogP contribution in [-0.4, -0.2) is 22.9 Å². The van der Waals surface area contributed by atoms with Crippen LogP contribution in [0.2, 0.25) is 0 Å². The predicted octanol–water partition coefficient (Wildman–Crippen LogP) is 2.83. The largest absolute Gasteiger partial charge is 0.389 e. The third kappa shape index (κ3) is 3.06. The van der Waals surface area contributed by atoms with Gasteiger partial charge in [0.15, 0.2) is 0 Å². The van der Waals surface area contributed by atoms with E-state index in [1.54, 1.807) is 0 Å². The van der Waals surface area contributed by atoms with Crippen molar-refractivity contribution in [2.24, 2.45) is 0 Å². The van der Waals surface area contributed by atoms with Crippen LogP contribution < -0.4 is 0 Å². The highest BCUT2D eigenvalue weighted by Crippen LogP contribution is 2.32. The number of halogens is 2. The second-order valence-corrected chi connectivity index (χ2v) is 5.30. The maximum Gasteiger partial charge on any atom is 0.126 e. The summed E-state index contributed by atoms with van der Waals surface area (Å²) in [5, 5.41) is 10.5. The maximum absolute atomic E-state index is 13.6. The molecule has 1 aliphatic heterocycles. The van der Waals surface area contributed by atoms with Gasteiger partial charge in [0.2, 0.25) is 0 Å². The number of benzene rings is 1.